The van der Waals surface area contributed by atoms with Crippen LogP contribution in [0.3, 0.4) is 0 Å². The van der Waals surface area contributed by atoms with Crippen LogP contribution in [0.5, 0.6) is 0 Å². The second kappa shape index (κ2) is 8.46. The first-order valence-corrected chi connectivity index (χ1v) is 10.0. The van der Waals surface area contributed by atoms with Crippen LogP contribution >= 0.6 is 0 Å². The van der Waals surface area contributed by atoms with Crippen LogP contribution in [0.25, 0.3) is 0 Å². The number of aromatic carboxylic acids is 1. The first-order chi connectivity index (χ1) is 15.3. The molecule has 0 spiro atoms. The number of hydrogen-bond donors (Lipinski definition) is 3. The largest absolute Gasteiger partial charge is 0.478 e. The van der Waals surface area contributed by atoms with Crippen molar-refractivity contribution in [3.63, 3.8) is 0 Å². The third kappa shape index (κ3) is 4.00. The lowest BCUT2D eigenvalue weighted by Crippen LogP contribution is -2.46. The van der Waals surface area contributed by atoms with Gasteiger partial charge in [0.05, 0.1) is 23.0 Å². The highest BCUT2D eigenvalue weighted by atomic mass is 16.4. The number of carboxylic acid groups (broad SMARTS) is 1. The van der Waals surface area contributed by atoms with Gasteiger partial charge in [-0.3, -0.25) is 9.78 Å². The lowest BCUT2D eigenvalue weighted by Gasteiger charge is -2.30. The van der Waals surface area contributed by atoms with Crippen LogP contribution in [-0.2, 0) is 4.79 Å². The van der Waals surface area contributed by atoms with Gasteiger partial charge in [-0.05, 0) is 44.2 Å². The van der Waals surface area contributed by atoms with E-state index >= 15 is 0 Å². The van der Waals surface area contributed by atoms with Gasteiger partial charge < -0.3 is 15.3 Å². The number of aromatic amines is 1. The first kappa shape index (κ1) is 21.0. The fourth-order valence-corrected chi connectivity index (χ4v) is 3.61. The Morgan fingerprint density at radius 1 is 1.12 bits per heavy atom. The average molecular weight is 431 g/mol. The number of carboxylic acids is 1. The molecule has 9 nitrogen and oxygen atoms in total. The lowest BCUT2D eigenvalue weighted by molar-refractivity contribution is -0.112. The molecule has 2 heterocycles. The number of carbonyl (C=O) groups is 2. The smallest absolute Gasteiger partial charge is 0.346 e. The molecule has 3 aromatic rings. The zero-order valence-electron chi connectivity index (χ0n) is 17.4. The van der Waals surface area contributed by atoms with Crippen molar-refractivity contribution in [1.29, 1.82) is 0 Å². The van der Waals surface area contributed by atoms with Gasteiger partial charge in [0, 0.05) is 17.8 Å². The van der Waals surface area contributed by atoms with E-state index in [2.05, 4.69) is 20.3 Å². The molecular weight excluding hydrogens is 410 g/mol. The highest BCUT2D eigenvalue weighted by Crippen LogP contribution is 2.33. The monoisotopic (exact) mass is 431 g/mol. The maximum Gasteiger partial charge on any atom is 0.346 e. The first-order valence-electron chi connectivity index (χ1n) is 10.0. The van der Waals surface area contributed by atoms with Crippen LogP contribution in [0, 0.1) is 0 Å². The molecule has 3 N–H and O–H groups in total. The molecule has 32 heavy (non-hydrogen) atoms. The summed E-state index contributed by atoms with van der Waals surface area (Å²) >= 11 is 0. The summed E-state index contributed by atoms with van der Waals surface area (Å²) in [4.78, 5) is 48.6. The topological polar surface area (TPSA) is 128 Å². The minimum Gasteiger partial charge on any atom is -0.478 e. The Morgan fingerprint density at radius 2 is 1.91 bits per heavy atom. The molecule has 9 heteroatoms. The molecule has 2 atom stereocenters. The number of hydrogen-bond acceptors (Lipinski definition) is 6. The van der Waals surface area contributed by atoms with Crippen molar-refractivity contribution in [2.24, 2.45) is 4.99 Å². The summed E-state index contributed by atoms with van der Waals surface area (Å²) in [5, 5.41) is 12.4. The van der Waals surface area contributed by atoms with Gasteiger partial charge in [-0.15, -0.1) is 0 Å². The Balaban J connectivity index is 1.67. The Labute approximate surface area is 183 Å². The SMILES string of the molecule is CC(Nc1ccnc(=O)[nH]1)C(C)N1C(=O)C(=Nc2cccc(C(=O)O)c2)c2ccccc21. The predicted octanol–water partition coefficient (Wildman–Crippen LogP) is 2.82. The number of anilines is 2. The Hall–Kier alpha value is -4.27. The number of para-hydroxylation sites is 1. The number of benzene rings is 2. The summed E-state index contributed by atoms with van der Waals surface area (Å²) < 4.78 is 0. The highest BCUT2D eigenvalue weighted by molar-refractivity contribution is 6.54. The minimum atomic E-state index is -1.06. The Kier molecular flexibility index (Phi) is 5.55. The zero-order chi connectivity index (χ0) is 22.8. The van der Waals surface area contributed by atoms with Crippen molar-refractivity contribution >= 4 is 34.8 Å². The van der Waals surface area contributed by atoms with E-state index in [-0.39, 0.29) is 29.3 Å². The number of nitrogens with one attached hydrogen (secondary N) is 2. The normalized spacial score (nSPS) is 16.0. The molecule has 0 radical (unpaired) electrons. The third-order valence-electron chi connectivity index (χ3n) is 5.36. The van der Waals surface area contributed by atoms with Crippen LogP contribution in [-0.4, -0.2) is 44.7 Å². The van der Waals surface area contributed by atoms with Gasteiger partial charge in [0.1, 0.15) is 11.5 Å². The van der Waals surface area contributed by atoms with Crippen LogP contribution in [0.4, 0.5) is 17.2 Å². The van der Waals surface area contributed by atoms with Crippen molar-refractivity contribution in [3.8, 4) is 0 Å². The van der Waals surface area contributed by atoms with E-state index in [9.17, 15) is 19.5 Å². The molecule has 1 aromatic heterocycles. The van der Waals surface area contributed by atoms with E-state index in [4.69, 9.17) is 0 Å². The number of nitrogens with zero attached hydrogens (tertiary/aromatic N) is 3. The molecule has 2 unspecified atom stereocenters. The molecule has 1 aliphatic heterocycles. The summed E-state index contributed by atoms with van der Waals surface area (Å²) in [5.41, 5.74) is 1.66. The molecule has 0 saturated carbocycles. The van der Waals surface area contributed by atoms with E-state index in [1.807, 2.05) is 38.1 Å². The van der Waals surface area contributed by atoms with Crippen LogP contribution in [0.2, 0.25) is 0 Å². The Bertz CT molecular complexity index is 1280. The molecule has 1 amide bonds. The second-order valence-corrected chi connectivity index (χ2v) is 7.47. The van der Waals surface area contributed by atoms with Crippen molar-refractivity contribution in [2.45, 2.75) is 25.9 Å². The molecular formula is C23H21N5O4. The van der Waals surface area contributed by atoms with Gasteiger partial charge in [0.2, 0.25) is 0 Å². The Morgan fingerprint density at radius 3 is 2.66 bits per heavy atom. The van der Waals surface area contributed by atoms with Crippen molar-refractivity contribution < 1.29 is 14.7 Å². The predicted molar refractivity (Wildman–Crippen MR) is 121 cm³/mol. The number of fused-ring (bicyclic) bond motifs is 1. The second-order valence-electron chi connectivity index (χ2n) is 7.47. The molecule has 2 aromatic carbocycles. The summed E-state index contributed by atoms with van der Waals surface area (Å²) in [5.74, 6) is -0.838. The fraction of sp³-hybridized carbons (Fsp3) is 0.174. The number of aliphatic imine (C=N–C) groups is 1. The van der Waals surface area contributed by atoms with Gasteiger partial charge in [0.15, 0.2) is 0 Å². The average Bonchev–Trinajstić information content (AvgIpc) is 3.05. The summed E-state index contributed by atoms with van der Waals surface area (Å²) in [6.45, 7) is 3.81. The van der Waals surface area contributed by atoms with Crippen LogP contribution < -0.4 is 15.9 Å². The minimum absolute atomic E-state index is 0.0972. The van der Waals surface area contributed by atoms with Gasteiger partial charge in [-0.25, -0.2) is 19.6 Å². The number of carbonyl (C=O) groups excluding carboxylic acids is 1. The van der Waals surface area contributed by atoms with E-state index < -0.39 is 11.7 Å². The van der Waals surface area contributed by atoms with E-state index in [0.29, 0.717) is 17.1 Å². The van der Waals surface area contributed by atoms with E-state index in [1.165, 1.54) is 18.3 Å². The number of amides is 1. The molecule has 0 fully saturated rings. The number of rotatable bonds is 6. The molecule has 0 saturated heterocycles. The third-order valence-corrected chi connectivity index (χ3v) is 5.36. The van der Waals surface area contributed by atoms with Gasteiger partial charge in [-0.2, -0.15) is 0 Å². The molecule has 4 rings (SSSR count). The quantitative estimate of drug-likeness (QED) is 0.551. The standard InChI is InChI=1S/C23H21N5O4/c1-13(25-19-10-11-24-23(32)27-19)14(2)28-18-9-4-3-8-17(18)20(21(28)29)26-16-7-5-6-15(12-16)22(30)31/h3-14H,1-2H3,(H,30,31)(H2,24,25,27,32). The van der Waals surface area contributed by atoms with Crippen molar-refractivity contribution in [2.75, 3.05) is 10.2 Å². The van der Waals surface area contributed by atoms with E-state index in [1.54, 1.807) is 23.1 Å². The number of H-pyrrole nitrogens is 1. The molecule has 0 bridgehead atoms. The summed E-state index contributed by atoms with van der Waals surface area (Å²) in [6.07, 6.45) is 1.41. The maximum atomic E-state index is 13.4. The maximum absolute atomic E-state index is 13.4. The molecule has 162 valence electrons. The lowest BCUT2D eigenvalue weighted by atomic mass is 10.1. The van der Waals surface area contributed by atoms with Gasteiger partial charge in [0.25, 0.3) is 5.91 Å². The van der Waals surface area contributed by atoms with E-state index in [0.717, 1.165) is 5.69 Å². The summed E-state index contributed by atoms with van der Waals surface area (Å²) in [6, 6.07) is 14.6. The van der Waals surface area contributed by atoms with Crippen LogP contribution in [0.1, 0.15) is 29.8 Å². The molecule has 0 aliphatic carbocycles. The fourth-order valence-electron chi connectivity index (χ4n) is 3.61. The van der Waals surface area contributed by atoms with Gasteiger partial charge >= 0.3 is 11.7 Å². The zero-order valence-corrected chi connectivity index (χ0v) is 17.4. The summed E-state index contributed by atoms with van der Waals surface area (Å²) in [7, 11) is 0. The van der Waals surface area contributed by atoms with Crippen LogP contribution in [0.15, 0.2) is 70.6 Å². The van der Waals surface area contributed by atoms with Gasteiger partial charge in [-0.1, -0.05) is 24.3 Å². The highest BCUT2D eigenvalue weighted by Gasteiger charge is 2.38. The molecule has 1 aliphatic rings. The van der Waals surface area contributed by atoms with Crippen molar-refractivity contribution in [1.82, 2.24) is 9.97 Å². The number of aromatic nitrogens is 2. The van der Waals surface area contributed by atoms with Crippen molar-refractivity contribution in [3.05, 3.63) is 82.4 Å².